The molecule has 0 bridgehead atoms. The highest BCUT2D eigenvalue weighted by atomic mass is 32.2. The quantitative estimate of drug-likeness (QED) is 0.291. The van der Waals surface area contributed by atoms with E-state index in [-0.39, 0.29) is 36.1 Å². The summed E-state index contributed by atoms with van der Waals surface area (Å²) in [5.41, 5.74) is -1.25. The number of anilines is 1. The number of aromatic carboxylic acids is 1. The molecule has 0 atom stereocenters. The van der Waals surface area contributed by atoms with Gasteiger partial charge in [0, 0.05) is 31.4 Å². The number of rotatable bonds is 11. The molecule has 0 aliphatic rings. The highest BCUT2D eigenvalue weighted by Crippen LogP contribution is 2.36. The fourth-order valence-electron chi connectivity index (χ4n) is 2.52. The first-order chi connectivity index (χ1) is 14.6. The lowest BCUT2D eigenvalue weighted by atomic mass is 10.1. The number of carboxylic acid groups (broad SMARTS) is 1. The van der Waals surface area contributed by atoms with E-state index in [9.17, 15) is 28.4 Å². The summed E-state index contributed by atoms with van der Waals surface area (Å²) in [6.07, 6.45) is 0. The van der Waals surface area contributed by atoms with Crippen LogP contribution in [-0.4, -0.2) is 59.0 Å². The zero-order chi connectivity index (χ0) is 23.2. The Balaban J connectivity index is 2.57. The van der Waals surface area contributed by atoms with Crippen molar-refractivity contribution in [2.24, 2.45) is 0 Å². The maximum absolute atomic E-state index is 13.0. The Morgan fingerprint density at radius 1 is 1.06 bits per heavy atom. The number of nitro groups is 1. The van der Waals surface area contributed by atoms with Crippen molar-refractivity contribution in [1.82, 2.24) is 0 Å². The number of carboxylic acids is 1. The molecule has 0 radical (unpaired) electrons. The molecule has 12 nitrogen and oxygen atoms in total. The van der Waals surface area contributed by atoms with Crippen LogP contribution in [-0.2, 0) is 14.8 Å². The molecular formula is C18H20N2O10S. The molecule has 0 spiro atoms. The Bertz CT molecular complexity index is 1080. The van der Waals surface area contributed by atoms with Crippen molar-refractivity contribution in [1.29, 1.82) is 0 Å². The van der Waals surface area contributed by atoms with Gasteiger partial charge in [0.05, 0.1) is 37.0 Å². The van der Waals surface area contributed by atoms with Crippen LogP contribution >= 0.6 is 0 Å². The summed E-state index contributed by atoms with van der Waals surface area (Å²) in [7, 11) is -0.549. The van der Waals surface area contributed by atoms with Gasteiger partial charge in [0.2, 0.25) is 0 Å². The van der Waals surface area contributed by atoms with E-state index < -0.39 is 37.1 Å². The van der Waals surface area contributed by atoms with Crippen molar-refractivity contribution in [3.8, 4) is 17.2 Å². The van der Waals surface area contributed by atoms with Crippen LogP contribution in [0.1, 0.15) is 10.4 Å². The highest BCUT2D eigenvalue weighted by molar-refractivity contribution is 7.92. The third-order valence-electron chi connectivity index (χ3n) is 3.97. The van der Waals surface area contributed by atoms with Gasteiger partial charge in [-0.25, -0.2) is 13.2 Å². The maximum atomic E-state index is 13.0. The Morgan fingerprint density at radius 3 is 2.29 bits per heavy atom. The molecule has 31 heavy (non-hydrogen) atoms. The van der Waals surface area contributed by atoms with E-state index in [1.807, 2.05) is 0 Å². The van der Waals surface area contributed by atoms with Crippen LogP contribution < -0.4 is 18.9 Å². The van der Waals surface area contributed by atoms with Crippen LogP contribution in [0, 0.1) is 10.1 Å². The van der Waals surface area contributed by atoms with Gasteiger partial charge < -0.3 is 24.1 Å². The Kier molecular flexibility index (Phi) is 7.61. The molecule has 2 rings (SSSR count). The molecule has 0 fully saturated rings. The minimum atomic E-state index is -4.49. The van der Waals surface area contributed by atoms with Gasteiger partial charge >= 0.3 is 5.97 Å². The van der Waals surface area contributed by atoms with Gasteiger partial charge in [-0.05, 0) is 6.07 Å². The number of methoxy groups -OCH3 is 3. The third-order valence-corrected chi connectivity index (χ3v) is 5.36. The van der Waals surface area contributed by atoms with Crippen molar-refractivity contribution < 1.29 is 42.2 Å². The molecule has 2 N–H and O–H groups in total. The average Bonchev–Trinajstić information content (AvgIpc) is 2.73. The Morgan fingerprint density at radius 2 is 1.74 bits per heavy atom. The number of sulfonamides is 1. The van der Waals surface area contributed by atoms with Gasteiger partial charge in [-0.2, -0.15) is 0 Å². The molecule has 0 aliphatic heterocycles. The lowest BCUT2D eigenvalue weighted by Crippen LogP contribution is -2.17. The lowest BCUT2D eigenvalue weighted by Gasteiger charge is -2.16. The number of nitrogens with zero attached hydrogens (tertiary/aromatic N) is 1. The Hall–Kier alpha value is -3.58. The minimum absolute atomic E-state index is 0.0596. The highest BCUT2D eigenvalue weighted by Gasteiger charge is 2.26. The van der Waals surface area contributed by atoms with E-state index in [0.717, 1.165) is 30.3 Å². The lowest BCUT2D eigenvalue weighted by molar-refractivity contribution is -0.385. The molecular weight excluding hydrogens is 436 g/mol. The first-order valence-electron chi connectivity index (χ1n) is 8.57. The number of ether oxygens (including phenoxy) is 4. The zero-order valence-electron chi connectivity index (χ0n) is 16.8. The van der Waals surface area contributed by atoms with Crippen LogP contribution in [0.2, 0.25) is 0 Å². The van der Waals surface area contributed by atoms with Crippen LogP contribution in [0.15, 0.2) is 35.2 Å². The van der Waals surface area contributed by atoms with Crippen LogP contribution in [0.25, 0.3) is 0 Å². The van der Waals surface area contributed by atoms with E-state index in [1.165, 1.54) is 21.3 Å². The summed E-state index contributed by atoms with van der Waals surface area (Å²) in [4.78, 5) is 21.4. The molecule has 0 aromatic heterocycles. The molecule has 0 heterocycles. The summed E-state index contributed by atoms with van der Waals surface area (Å²) in [6.45, 7) is 0.306. The van der Waals surface area contributed by atoms with Gasteiger partial charge in [-0.15, -0.1) is 0 Å². The number of nitro benzene ring substituents is 1. The number of hydrogen-bond donors (Lipinski definition) is 2. The monoisotopic (exact) mass is 456 g/mol. The average molecular weight is 456 g/mol. The fourth-order valence-corrected chi connectivity index (χ4v) is 3.78. The second-order valence-electron chi connectivity index (χ2n) is 5.89. The van der Waals surface area contributed by atoms with E-state index in [0.29, 0.717) is 0 Å². The van der Waals surface area contributed by atoms with Gasteiger partial charge in [0.25, 0.3) is 15.7 Å². The predicted molar refractivity (Wildman–Crippen MR) is 108 cm³/mol. The molecule has 2 aromatic carbocycles. The Labute approximate surface area is 177 Å². The summed E-state index contributed by atoms with van der Waals surface area (Å²) in [5, 5.41) is 20.6. The van der Waals surface area contributed by atoms with Crippen molar-refractivity contribution >= 4 is 27.4 Å². The van der Waals surface area contributed by atoms with Crippen LogP contribution in [0.5, 0.6) is 17.2 Å². The summed E-state index contributed by atoms with van der Waals surface area (Å²) >= 11 is 0. The van der Waals surface area contributed by atoms with E-state index in [1.54, 1.807) is 0 Å². The molecule has 13 heteroatoms. The second kappa shape index (κ2) is 9.95. The molecule has 2 aromatic rings. The van der Waals surface area contributed by atoms with Crippen LogP contribution in [0.4, 0.5) is 11.4 Å². The van der Waals surface area contributed by atoms with Gasteiger partial charge in [0.15, 0.2) is 11.5 Å². The fraction of sp³-hybridized carbons (Fsp3) is 0.278. The van der Waals surface area contributed by atoms with E-state index in [4.69, 9.17) is 18.9 Å². The largest absolute Gasteiger partial charge is 0.495 e. The number of non-ortho nitro benzene ring substituents is 1. The number of hydrogen-bond acceptors (Lipinski definition) is 9. The first kappa shape index (κ1) is 23.7. The van der Waals surface area contributed by atoms with Crippen LogP contribution in [0.3, 0.4) is 0 Å². The number of nitrogens with one attached hydrogen (secondary N) is 1. The molecule has 0 saturated heterocycles. The van der Waals surface area contributed by atoms with Gasteiger partial charge in [-0.3, -0.25) is 14.8 Å². The van der Waals surface area contributed by atoms with Gasteiger partial charge in [0.1, 0.15) is 17.3 Å². The molecule has 168 valence electrons. The zero-order valence-corrected chi connectivity index (χ0v) is 17.6. The second-order valence-corrected chi connectivity index (χ2v) is 7.54. The van der Waals surface area contributed by atoms with Crippen molar-refractivity contribution in [3.05, 3.63) is 46.0 Å². The van der Waals surface area contributed by atoms with Crippen molar-refractivity contribution in [2.75, 3.05) is 39.3 Å². The molecule has 0 amide bonds. The van der Waals surface area contributed by atoms with Gasteiger partial charge in [-0.1, -0.05) is 0 Å². The predicted octanol–water partition coefficient (Wildman–Crippen LogP) is 2.14. The first-order valence-corrected chi connectivity index (χ1v) is 10.0. The molecule has 0 aliphatic carbocycles. The van der Waals surface area contributed by atoms with E-state index in [2.05, 4.69) is 4.72 Å². The smallest absolute Gasteiger partial charge is 0.337 e. The van der Waals surface area contributed by atoms with E-state index >= 15 is 0 Å². The summed E-state index contributed by atoms with van der Waals surface area (Å²) in [6, 6.07) is 5.24. The number of carbonyl (C=O) groups is 1. The topological polar surface area (TPSA) is 164 Å². The summed E-state index contributed by atoms with van der Waals surface area (Å²) in [5.74, 6) is -1.48. The minimum Gasteiger partial charge on any atom is -0.495 e. The third kappa shape index (κ3) is 5.52. The SMILES string of the molecule is COCCOc1cc(NS(=O)(=O)c2cc([N+](=O)[O-])ccc2OC)c(C(=O)O)cc1OC. The molecule has 0 unspecified atom stereocenters. The van der Waals surface area contributed by atoms with Crippen molar-refractivity contribution in [2.45, 2.75) is 4.90 Å². The maximum Gasteiger partial charge on any atom is 0.337 e. The standard InChI is InChI=1S/C18H20N2O10S/c1-27-6-7-30-16-10-13(12(18(21)22)9-15(16)29-3)19-31(25,26)17-8-11(20(23)24)4-5-14(17)28-2/h4-5,8-10,19H,6-7H2,1-3H3,(H,21,22). The number of benzene rings is 2. The van der Waals surface area contributed by atoms with Crippen molar-refractivity contribution in [3.63, 3.8) is 0 Å². The molecule has 0 saturated carbocycles. The normalized spacial score (nSPS) is 10.9. The summed E-state index contributed by atoms with van der Waals surface area (Å²) < 4.78 is 48.5.